The lowest BCUT2D eigenvalue weighted by Gasteiger charge is -2.00. The van der Waals surface area contributed by atoms with E-state index < -0.39 is 12.2 Å². The third-order valence-corrected chi connectivity index (χ3v) is 1.22. The van der Waals surface area contributed by atoms with Crippen molar-refractivity contribution in [2.45, 2.75) is 25.0 Å². The van der Waals surface area contributed by atoms with Gasteiger partial charge in [0.05, 0.1) is 0 Å². The van der Waals surface area contributed by atoms with E-state index in [1.165, 1.54) is 0 Å². The summed E-state index contributed by atoms with van der Waals surface area (Å²) >= 11 is 0. The minimum atomic E-state index is -0.900. The quantitative estimate of drug-likeness (QED) is 0.390. The maximum Gasteiger partial charge on any atom is 0.117 e. The summed E-state index contributed by atoms with van der Waals surface area (Å²) in [4.78, 5) is 0. The van der Waals surface area contributed by atoms with Crippen molar-refractivity contribution in [3.8, 4) is 11.8 Å². The number of aliphatic hydroxyl groups is 4. The smallest absolute Gasteiger partial charge is 0.117 e. The molecule has 70 valence electrons. The molecule has 0 aromatic carbocycles. The lowest BCUT2D eigenvalue weighted by molar-refractivity contribution is 0.169. The summed E-state index contributed by atoms with van der Waals surface area (Å²) in [5.74, 6) is 4.71. The highest BCUT2D eigenvalue weighted by Gasteiger charge is 1.99. The Hall–Kier alpha value is -0.600. The molecule has 2 atom stereocenters. The van der Waals surface area contributed by atoms with Gasteiger partial charge in [0, 0.05) is 26.1 Å². The van der Waals surface area contributed by atoms with Crippen molar-refractivity contribution in [1.29, 1.82) is 0 Å². The SMILES string of the molecule is OCCC(O)C#CC(O)CCO. The molecule has 0 aliphatic rings. The molecule has 0 saturated carbocycles. The molecule has 0 aliphatic carbocycles. The zero-order valence-corrected chi connectivity index (χ0v) is 6.77. The maximum atomic E-state index is 8.96. The molecule has 0 spiro atoms. The van der Waals surface area contributed by atoms with Gasteiger partial charge in [-0.3, -0.25) is 0 Å². The average molecular weight is 174 g/mol. The fourth-order valence-electron chi connectivity index (χ4n) is 0.581. The summed E-state index contributed by atoms with van der Waals surface area (Å²) < 4.78 is 0. The van der Waals surface area contributed by atoms with E-state index in [9.17, 15) is 0 Å². The van der Waals surface area contributed by atoms with E-state index in [4.69, 9.17) is 20.4 Å². The van der Waals surface area contributed by atoms with Gasteiger partial charge in [-0.05, 0) is 0 Å². The van der Waals surface area contributed by atoms with Crippen molar-refractivity contribution in [3.63, 3.8) is 0 Å². The van der Waals surface area contributed by atoms with Crippen LogP contribution in [0.5, 0.6) is 0 Å². The molecule has 0 aromatic rings. The third-order valence-electron chi connectivity index (χ3n) is 1.22. The van der Waals surface area contributed by atoms with Crippen LogP contribution in [0.15, 0.2) is 0 Å². The zero-order valence-electron chi connectivity index (χ0n) is 6.77. The minimum Gasteiger partial charge on any atom is -0.396 e. The number of hydrogen-bond acceptors (Lipinski definition) is 4. The molecule has 0 amide bonds. The number of rotatable bonds is 4. The Kier molecular flexibility index (Phi) is 6.72. The summed E-state index contributed by atoms with van der Waals surface area (Å²) in [5.41, 5.74) is 0. The molecular weight excluding hydrogens is 160 g/mol. The van der Waals surface area contributed by atoms with Gasteiger partial charge in [0.2, 0.25) is 0 Å². The van der Waals surface area contributed by atoms with Crippen LogP contribution in [-0.2, 0) is 0 Å². The van der Waals surface area contributed by atoms with Crippen LogP contribution >= 0.6 is 0 Å². The van der Waals surface area contributed by atoms with E-state index in [0.717, 1.165) is 0 Å². The van der Waals surface area contributed by atoms with Gasteiger partial charge in [-0.15, -0.1) is 0 Å². The van der Waals surface area contributed by atoms with Crippen LogP contribution in [0.3, 0.4) is 0 Å². The lowest BCUT2D eigenvalue weighted by atomic mass is 10.2. The molecule has 4 nitrogen and oxygen atoms in total. The summed E-state index contributed by atoms with van der Waals surface area (Å²) in [6.45, 7) is -0.266. The van der Waals surface area contributed by atoms with Crippen LogP contribution in [0.2, 0.25) is 0 Å². The summed E-state index contributed by atoms with van der Waals surface area (Å²) in [6.07, 6.45) is -1.44. The first-order chi connectivity index (χ1) is 5.70. The van der Waals surface area contributed by atoms with E-state index in [-0.39, 0.29) is 26.1 Å². The minimum absolute atomic E-state index is 0.133. The molecule has 0 radical (unpaired) electrons. The van der Waals surface area contributed by atoms with Gasteiger partial charge in [0.1, 0.15) is 12.2 Å². The Morgan fingerprint density at radius 2 is 1.17 bits per heavy atom. The fraction of sp³-hybridized carbons (Fsp3) is 0.750. The fourth-order valence-corrected chi connectivity index (χ4v) is 0.581. The monoisotopic (exact) mass is 174 g/mol. The molecular formula is C8H14O4. The van der Waals surface area contributed by atoms with Crippen molar-refractivity contribution in [3.05, 3.63) is 0 Å². The molecule has 12 heavy (non-hydrogen) atoms. The van der Waals surface area contributed by atoms with E-state index in [1.807, 2.05) is 0 Å². The Bertz CT molecular complexity index is 142. The van der Waals surface area contributed by atoms with Gasteiger partial charge < -0.3 is 20.4 Å². The summed E-state index contributed by atoms with van der Waals surface area (Å²) in [5, 5.41) is 34.7. The van der Waals surface area contributed by atoms with Crippen LogP contribution in [0.4, 0.5) is 0 Å². The van der Waals surface area contributed by atoms with Gasteiger partial charge >= 0.3 is 0 Å². The molecule has 0 rings (SSSR count). The lowest BCUT2D eigenvalue weighted by Crippen LogP contribution is -2.09. The average Bonchev–Trinajstić information content (AvgIpc) is 2.02. The first-order valence-electron chi connectivity index (χ1n) is 3.79. The van der Waals surface area contributed by atoms with Gasteiger partial charge in [-0.25, -0.2) is 0 Å². The van der Waals surface area contributed by atoms with Crippen molar-refractivity contribution < 1.29 is 20.4 Å². The summed E-state index contributed by atoms with van der Waals surface area (Å²) in [6, 6.07) is 0. The standard InChI is InChI=1S/C8H14O4/c9-5-3-7(11)1-2-8(12)4-6-10/h7-12H,3-6H2. The van der Waals surface area contributed by atoms with Crippen molar-refractivity contribution in [2.24, 2.45) is 0 Å². The highest BCUT2D eigenvalue weighted by molar-refractivity contribution is 5.08. The molecule has 4 N–H and O–H groups in total. The van der Waals surface area contributed by atoms with Gasteiger partial charge in [-0.2, -0.15) is 0 Å². The second-order valence-corrected chi connectivity index (χ2v) is 2.34. The Morgan fingerprint density at radius 1 is 0.833 bits per heavy atom. The molecule has 0 bridgehead atoms. The van der Waals surface area contributed by atoms with Crippen molar-refractivity contribution in [1.82, 2.24) is 0 Å². The first-order valence-corrected chi connectivity index (χ1v) is 3.79. The second-order valence-electron chi connectivity index (χ2n) is 2.34. The third kappa shape index (κ3) is 6.13. The normalized spacial score (nSPS) is 14.7. The van der Waals surface area contributed by atoms with Crippen molar-refractivity contribution in [2.75, 3.05) is 13.2 Å². The molecule has 2 unspecified atom stereocenters. The van der Waals surface area contributed by atoms with Crippen LogP contribution in [0.25, 0.3) is 0 Å². The Labute approximate surface area is 71.5 Å². The van der Waals surface area contributed by atoms with Crippen LogP contribution in [0.1, 0.15) is 12.8 Å². The van der Waals surface area contributed by atoms with Crippen LogP contribution in [-0.4, -0.2) is 45.8 Å². The Morgan fingerprint density at radius 3 is 1.42 bits per heavy atom. The molecule has 0 aromatic heterocycles. The van der Waals surface area contributed by atoms with Gasteiger partial charge in [0.25, 0.3) is 0 Å². The molecule has 0 fully saturated rings. The highest BCUT2D eigenvalue weighted by atomic mass is 16.3. The van der Waals surface area contributed by atoms with Crippen LogP contribution < -0.4 is 0 Å². The topological polar surface area (TPSA) is 80.9 Å². The molecule has 0 saturated heterocycles. The highest BCUT2D eigenvalue weighted by Crippen LogP contribution is 1.90. The van der Waals surface area contributed by atoms with E-state index in [0.29, 0.717) is 0 Å². The number of aliphatic hydroxyl groups excluding tert-OH is 4. The van der Waals surface area contributed by atoms with Crippen LogP contribution in [0, 0.1) is 11.8 Å². The Balaban J connectivity index is 3.68. The molecule has 4 heteroatoms. The number of hydrogen-bond donors (Lipinski definition) is 4. The zero-order chi connectivity index (χ0) is 9.40. The van der Waals surface area contributed by atoms with E-state index >= 15 is 0 Å². The predicted octanol–water partition coefficient (Wildman–Crippen LogP) is -1.52. The maximum absolute atomic E-state index is 8.96. The first kappa shape index (κ1) is 11.4. The van der Waals surface area contributed by atoms with E-state index in [1.54, 1.807) is 0 Å². The van der Waals surface area contributed by atoms with Gasteiger partial charge in [0.15, 0.2) is 0 Å². The molecule has 0 heterocycles. The van der Waals surface area contributed by atoms with E-state index in [2.05, 4.69) is 11.8 Å². The van der Waals surface area contributed by atoms with Gasteiger partial charge in [-0.1, -0.05) is 11.8 Å². The van der Waals surface area contributed by atoms with Crippen molar-refractivity contribution >= 4 is 0 Å². The second kappa shape index (κ2) is 7.07. The molecule has 0 aliphatic heterocycles. The largest absolute Gasteiger partial charge is 0.396 e. The predicted molar refractivity (Wildman–Crippen MR) is 43.2 cm³/mol. The summed E-state index contributed by atoms with van der Waals surface area (Å²) in [7, 11) is 0.